The summed E-state index contributed by atoms with van der Waals surface area (Å²) in [5.41, 5.74) is 5.50. The minimum atomic E-state index is -1.09. The van der Waals surface area contributed by atoms with E-state index in [1.54, 1.807) is 32.0 Å². The minimum Gasteiger partial charge on any atom is -0.478 e. The summed E-state index contributed by atoms with van der Waals surface area (Å²) in [7, 11) is 0. The number of aromatic nitrogens is 1. The first kappa shape index (κ1) is 16.7. The van der Waals surface area contributed by atoms with Crippen LogP contribution in [0.3, 0.4) is 0 Å². The Morgan fingerprint density at radius 3 is 2.50 bits per heavy atom. The number of ether oxygens (including phenoxy) is 2. The van der Waals surface area contributed by atoms with Gasteiger partial charge in [-0.3, -0.25) is 0 Å². The monoisotopic (exact) mass is 256 g/mol. The highest BCUT2D eigenvalue weighted by Gasteiger charge is 2.11. The van der Waals surface area contributed by atoms with Crippen LogP contribution in [0.2, 0.25) is 0 Å². The number of rotatable bonds is 6. The van der Waals surface area contributed by atoms with Crippen LogP contribution in [-0.2, 0) is 4.74 Å². The van der Waals surface area contributed by atoms with Gasteiger partial charge in [-0.15, -0.1) is 0 Å². The number of nitrogens with zero attached hydrogens (tertiary/aromatic N) is 1. The molecule has 0 aliphatic carbocycles. The summed E-state index contributed by atoms with van der Waals surface area (Å²) >= 11 is 0. The summed E-state index contributed by atoms with van der Waals surface area (Å²) in [6.45, 7) is 8.10. The molecular weight excluding hydrogens is 232 g/mol. The van der Waals surface area contributed by atoms with E-state index in [2.05, 4.69) is 4.98 Å². The van der Waals surface area contributed by atoms with Crippen molar-refractivity contribution in [2.24, 2.45) is 0 Å². The maximum atomic E-state index is 9.28. The second-order valence-corrected chi connectivity index (χ2v) is 3.90. The number of anilines is 1. The van der Waals surface area contributed by atoms with Crippen molar-refractivity contribution in [3.8, 4) is 5.88 Å². The number of pyridine rings is 1. The Labute approximate surface area is 109 Å². The molecule has 5 heteroatoms. The zero-order valence-electron chi connectivity index (χ0n) is 11.6. The van der Waals surface area contributed by atoms with Crippen molar-refractivity contribution in [2.75, 3.05) is 18.9 Å². The third kappa shape index (κ3) is 8.78. The van der Waals surface area contributed by atoms with Crippen molar-refractivity contribution < 1.29 is 14.6 Å². The fourth-order valence-corrected chi connectivity index (χ4v) is 1.07. The highest BCUT2D eigenvalue weighted by Crippen LogP contribution is 2.09. The molecule has 1 heterocycles. The van der Waals surface area contributed by atoms with Crippen molar-refractivity contribution in [1.82, 2.24) is 4.98 Å². The summed E-state index contributed by atoms with van der Waals surface area (Å²) < 4.78 is 10.5. The van der Waals surface area contributed by atoms with Crippen LogP contribution >= 0.6 is 0 Å². The lowest BCUT2D eigenvalue weighted by Gasteiger charge is -2.17. The molecule has 0 spiro atoms. The maximum Gasteiger partial charge on any atom is 0.215 e. The molecule has 0 fully saturated rings. The largest absolute Gasteiger partial charge is 0.478 e. The summed E-state index contributed by atoms with van der Waals surface area (Å²) in [6.07, 6.45) is 0.681. The number of nitrogens with two attached hydrogens (primary N) is 1. The maximum absolute atomic E-state index is 9.28. The van der Waals surface area contributed by atoms with E-state index >= 15 is 0 Å². The third-order valence-electron chi connectivity index (χ3n) is 1.74. The fraction of sp³-hybridized carbons (Fsp3) is 0.615. The molecule has 1 aromatic rings. The van der Waals surface area contributed by atoms with Crippen LogP contribution in [0.1, 0.15) is 34.1 Å². The lowest BCUT2D eigenvalue weighted by Crippen LogP contribution is -2.24. The normalized spacial score (nSPS) is 10.5. The van der Waals surface area contributed by atoms with Crippen molar-refractivity contribution in [1.29, 1.82) is 0 Å². The van der Waals surface area contributed by atoms with Gasteiger partial charge in [0.2, 0.25) is 5.88 Å². The van der Waals surface area contributed by atoms with E-state index < -0.39 is 5.79 Å². The Morgan fingerprint density at radius 1 is 1.28 bits per heavy atom. The van der Waals surface area contributed by atoms with Gasteiger partial charge in [0.1, 0.15) is 5.82 Å². The standard InChI is InChI=1S/C11H18N2O3.C2H6/c1-11(2,14)16-8-4-7-15-10-6-3-5-9(12)13-10;1-2/h3,5-6,14H,4,7-8H2,1-2H3,(H2,12,13);1-2H3. The SMILES string of the molecule is CC.CC(C)(O)OCCCOc1cccc(N)n1. The first-order valence-corrected chi connectivity index (χ1v) is 6.19. The zero-order valence-corrected chi connectivity index (χ0v) is 11.6. The molecule has 0 amide bonds. The molecule has 3 N–H and O–H groups in total. The van der Waals surface area contributed by atoms with Gasteiger partial charge in [-0.05, 0) is 19.9 Å². The smallest absolute Gasteiger partial charge is 0.215 e. The molecule has 18 heavy (non-hydrogen) atoms. The molecule has 0 unspecified atom stereocenters. The molecule has 0 bridgehead atoms. The van der Waals surface area contributed by atoms with E-state index in [0.29, 0.717) is 31.3 Å². The van der Waals surface area contributed by atoms with Crippen LogP contribution in [0.4, 0.5) is 5.82 Å². The third-order valence-corrected chi connectivity index (χ3v) is 1.74. The van der Waals surface area contributed by atoms with Crippen LogP contribution in [0.5, 0.6) is 5.88 Å². The summed E-state index contributed by atoms with van der Waals surface area (Å²) in [5, 5.41) is 9.28. The van der Waals surface area contributed by atoms with E-state index in [-0.39, 0.29) is 0 Å². The van der Waals surface area contributed by atoms with Crippen molar-refractivity contribution in [3.63, 3.8) is 0 Å². The van der Waals surface area contributed by atoms with Gasteiger partial charge in [0, 0.05) is 12.5 Å². The topological polar surface area (TPSA) is 77.6 Å². The van der Waals surface area contributed by atoms with Gasteiger partial charge in [-0.2, -0.15) is 4.98 Å². The predicted molar refractivity (Wildman–Crippen MR) is 72.4 cm³/mol. The quantitative estimate of drug-likeness (QED) is 0.602. The molecule has 0 aromatic carbocycles. The van der Waals surface area contributed by atoms with Crippen molar-refractivity contribution in [2.45, 2.75) is 39.9 Å². The zero-order chi connectivity index (χ0) is 14.0. The van der Waals surface area contributed by atoms with Crippen LogP contribution in [0, 0.1) is 0 Å². The number of hydrogen-bond donors (Lipinski definition) is 2. The van der Waals surface area contributed by atoms with Gasteiger partial charge in [0.25, 0.3) is 0 Å². The fourth-order valence-electron chi connectivity index (χ4n) is 1.07. The van der Waals surface area contributed by atoms with Crippen LogP contribution in [0.25, 0.3) is 0 Å². The molecule has 5 nitrogen and oxygen atoms in total. The van der Waals surface area contributed by atoms with E-state index in [9.17, 15) is 5.11 Å². The molecule has 0 atom stereocenters. The molecular formula is C13H24N2O3. The Morgan fingerprint density at radius 2 is 1.94 bits per heavy atom. The lowest BCUT2D eigenvalue weighted by molar-refractivity contribution is -0.176. The van der Waals surface area contributed by atoms with Crippen LogP contribution in [0.15, 0.2) is 18.2 Å². The molecule has 1 aromatic heterocycles. The van der Waals surface area contributed by atoms with E-state index in [1.807, 2.05) is 13.8 Å². The number of nitrogen functional groups attached to an aromatic ring is 1. The van der Waals surface area contributed by atoms with Gasteiger partial charge in [0.05, 0.1) is 13.2 Å². The van der Waals surface area contributed by atoms with Crippen molar-refractivity contribution >= 4 is 5.82 Å². The molecule has 1 rings (SSSR count). The Kier molecular flexibility index (Phi) is 8.07. The lowest BCUT2D eigenvalue weighted by atomic mass is 10.4. The van der Waals surface area contributed by atoms with E-state index in [0.717, 1.165) is 0 Å². The van der Waals surface area contributed by atoms with Crippen molar-refractivity contribution in [3.05, 3.63) is 18.2 Å². The average Bonchev–Trinajstić information content (AvgIpc) is 2.30. The highest BCUT2D eigenvalue weighted by molar-refractivity contribution is 5.30. The van der Waals surface area contributed by atoms with Gasteiger partial charge in [-0.1, -0.05) is 19.9 Å². The van der Waals surface area contributed by atoms with Gasteiger partial charge < -0.3 is 20.3 Å². The Bertz CT molecular complexity index is 324. The number of hydrogen-bond acceptors (Lipinski definition) is 5. The second-order valence-electron chi connectivity index (χ2n) is 3.90. The molecule has 0 aliphatic heterocycles. The van der Waals surface area contributed by atoms with E-state index in [1.165, 1.54) is 0 Å². The average molecular weight is 256 g/mol. The molecule has 0 radical (unpaired) electrons. The van der Waals surface area contributed by atoms with Gasteiger partial charge in [0.15, 0.2) is 5.79 Å². The first-order chi connectivity index (χ1) is 8.47. The van der Waals surface area contributed by atoms with Gasteiger partial charge in [-0.25, -0.2) is 0 Å². The molecule has 0 saturated carbocycles. The Balaban J connectivity index is 0.00000137. The summed E-state index contributed by atoms with van der Waals surface area (Å²) in [6, 6.07) is 5.22. The van der Waals surface area contributed by atoms with E-state index in [4.69, 9.17) is 15.2 Å². The Hall–Kier alpha value is -1.33. The van der Waals surface area contributed by atoms with Gasteiger partial charge >= 0.3 is 0 Å². The second kappa shape index (κ2) is 8.72. The summed E-state index contributed by atoms with van der Waals surface area (Å²) in [5.74, 6) is -0.149. The molecule has 0 saturated heterocycles. The van der Waals surface area contributed by atoms with Crippen LogP contribution < -0.4 is 10.5 Å². The number of aliphatic hydroxyl groups is 1. The molecule has 0 aliphatic rings. The summed E-state index contributed by atoms with van der Waals surface area (Å²) in [4.78, 5) is 3.98. The predicted octanol–water partition coefficient (Wildman–Crippen LogP) is 2.20. The first-order valence-electron chi connectivity index (χ1n) is 6.19. The van der Waals surface area contributed by atoms with Crippen LogP contribution in [-0.4, -0.2) is 29.1 Å². The minimum absolute atomic E-state index is 0.435. The highest BCUT2D eigenvalue weighted by atomic mass is 16.6. The molecule has 104 valence electrons.